The van der Waals surface area contributed by atoms with Crippen molar-refractivity contribution >= 4 is 34.9 Å². The van der Waals surface area contributed by atoms with Gasteiger partial charge in [0, 0.05) is 18.1 Å². The van der Waals surface area contributed by atoms with E-state index in [1.807, 2.05) is 6.92 Å². The minimum atomic E-state index is -0.572. The molecule has 2 N–H and O–H groups in total. The average Bonchev–Trinajstić information content (AvgIpc) is 2.77. The second kappa shape index (κ2) is 5.69. The van der Waals surface area contributed by atoms with Crippen LogP contribution < -0.4 is 10.9 Å². The molecule has 0 bridgehead atoms. The molecule has 20 heavy (non-hydrogen) atoms. The Bertz CT molecular complexity index is 702. The molecule has 0 unspecified atom stereocenters. The summed E-state index contributed by atoms with van der Waals surface area (Å²) in [6.07, 6.45) is 0.934. The number of rotatable bonds is 1. The summed E-state index contributed by atoms with van der Waals surface area (Å²) in [7, 11) is 0. The van der Waals surface area contributed by atoms with Crippen LogP contribution >= 0.6 is 24.0 Å². The number of nitrogens with zero attached hydrogens (tertiary/aromatic N) is 2. The third-order valence-electron chi connectivity index (χ3n) is 3.55. The molecule has 2 heterocycles. The third kappa shape index (κ3) is 2.42. The lowest BCUT2D eigenvalue weighted by Crippen LogP contribution is -2.32. The zero-order chi connectivity index (χ0) is 13.6. The first-order chi connectivity index (χ1) is 9.08. The monoisotopic (exact) mass is 315 g/mol. The van der Waals surface area contributed by atoms with E-state index in [9.17, 15) is 9.90 Å². The van der Waals surface area contributed by atoms with Crippen LogP contribution in [0.15, 0.2) is 23.3 Å². The van der Waals surface area contributed by atoms with Crippen molar-refractivity contribution in [2.75, 3.05) is 13.1 Å². The Balaban J connectivity index is 0.00000147. The molecule has 0 spiro atoms. The normalized spacial score (nSPS) is 21.9. The molecule has 0 radical (unpaired) electrons. The molecular formula is C13H15Cl2N3O2. The Hall–Kier alpha value is -1.14. The summed E-state index contributed by atoms with van der Waals surface area (Å²) < 4.78 is 1.49. The zero-order valence-corrected chi connectivity index (χ0v) is 12.4. The van der Waals surface area contributed by atoms with Crippen LogP contribution in [0.25, 0.3) is 10.9 Å². The summed E-state index contributed by atoms with van der Waals surface area (Å²) in [5, 5.41) is 13.9. The van der Waals surface area contributed by atoms with Crippen LogP contribution in [0.3, 0.4) is 0 Å². The fraction of sp³-hybridized carbons (Fsp3) is 0.385. The van der Waals surface area contributed by atoms with E-state index in [1.165, 1.54) is 10.9 Å². The van der Waals surface area contributed by atoms with Crippen LogP contribution in [0.2, 0.25) is 5.02 Å². The number of benzene rings is 1. The van der Waals surface area contributed by atoms with Gasteiger partial charge in [0.05, 0.1) is 29.4 Å². The molecule has 0 aliphatic carbocycles. The van der Waals surface area contributed by atoms with Gasteiger partial charge in [-0.05, 0) is 24.6 Å². The van der Waals surface area contributed by atoms with Crippen LogP contribution in [-0.2, 0) is 0 Å². The summed E-state index contributed by atoms with van der Waals surface area (Å²) >= 11 is 6.00. The van der Waals surface area contributed by atoms with Gasteiger partial charge in [-0.2, -0.15) is 0 Å². The van der Waals surface area contributed by atoms with Crippen LogP contribution in [0.5, 0.6) is 0 Å². The van der Waals surface area contributed by atoms with Crippen LogP contribution in [0.1, 0.15) is 11.6 Å². The van der Waals surface area contributed by atoms with Crippen LogP contribution in [0, 0.1) is 6.92 Å². The lowest BCUT2D eigenvalue weighted by molar-refractivity contribution is 0.149. The lowest BCUT2D eigenvalue weighted by atomic mass is 10.1. The third-order valence-corrected chi connectivity index (χ3v) is 3.77. The van der Waals surface area contributed by atoms with E-state index < -0.39 is 6.10 Å². The van der Waals surface area contributed by atoms with Crippen molar-refractivity contribution in [2.45, 2.75) is 19.1 Å². The van der Waals surface area contributed by atoms with Crippen molar-refractivity contribution in [2.24, 2.45) is 0 Å². The van der Waals surface area contributed by atoms with Crippen molar-refractivity contribution in [1.29, 1.82) is 0 Å². The van der Waals surface area contributed by atoms with Gasteiger partial charge in [-0.1, -0.05) is 11.6 Å². The maximum Gasteiger partial charge on any atom is 0.261 e. The first-order valence-corrected chi connectivity index (χ1v) is 6.51. The first-order valence-electron chi connectivity index (χ1n) is 6.13. The van der Waals surface area contributed by atoms with E-state index in [0.29, 0.717) is 29.0 Å². The van der Waals surface area contributed by atoms with E-state index in [4.69, 9.17) is 11.6 Å². The number of β-amino-alcohol motifs (C(OH)–C–C–N with tert-alkyl or cyclic N) is 1. The molecule has 0 saturated carbocycles. The van der Waals surface area contributed by atoms with E-state index in [2.05, 4.69) is 10.3 Å². The maximum absolute atomic E-state index is 12.5. The molecule has 1 saturated heterocycles. The van der Waals surface area contributed by atoms with Crippen LogP contribution in [-0.4, -0.2) is 33.9 Å². The fourth-order valence-corrected chi connectivity index (χ4v) is 2.83. The predicted molar refractivity (Wildman–Crippen MR) is 80.9 cm³/mol. The van der Waals surface area contributed by atoms with Gasteiger partial charge in [0.2, 0.25) is 0 Å². The fourth-order valence-electron chi connectivity index (χ4n) is 2.55. The van der Waals surface area contributed by atoms with Crippen molar-refractivity contribution in [3.05, 3.63) is 39.4 Å². The highest BCUT2D eigenvalue weighted by Gasteiger charge is 2.27. The molecule has 7 heteroatoms. The van der Waals surface area contributed by atoms with Crippen molar-refractivity contribution in [3.8, 4) is 0 Å². The highest BCUT2D eigenvalue weighted by Crippen LogP contribution is 2.20. The van der Waals surface area contributed by atoms with Gasteiger partial charge in [0.15, 0.2) is 0 Å². The summed E-state index contributed by atoms with van der Waals surface area (Å²) in [5.74, 6) is 0. The van der Waals surface area contributed by atoms with Gasteiger partial charge in [0.25, 0.3) is 5.56 Å². The molecule has 0 amide bonds. The molecule has 1 aromatic carbocycles. The first kappa shape index (κ1) is 15.3. The molecule has 1 fully saturated rings. The molecule has 1 aliphatic heterocycles. The Morgan fingerprint density at radius 1 is 1.45 bits per heavy atom. The van der Waals surface area contributed by atoms with Gasteiger partial charge in [-0.25, -0.2) is 4.98 Å². The van der Waals surface area contributed by atoms with Crippen molar-refractivity contribution in [3.63, 3.8) is 0 Å². The Morgan fingerprint density at radius 2 is 2.20 bits per heavy atom. The lowest BCUT2D eigenvalue weighted by Gasteiger charge is -2.17. The summed E-state index contributed by atoms with van der Waals surface area (Å²) in [6.45, 7) is 2.93. The molecule has 5 nitrogen and oxygen atoms in total. The van der Waals surface area contributed by atoms with Gasteiger partial charge < -0.3 is 10.4 Å². The molecule has 108 valence electrons. The molecule has 2 atom stereocenters. The number of hydrogen-bond donors (Lipinski definition) is 2. The molecule has 3 rings (SSSR count). The number of halogens is 2. The number of aliphatic hydroxyl groups is 1. The average molecular weight is 316 g/mol. The van der Waals surface area contributed by atoms with E-state index in [0.717, 1.165) is 5.56 Å². The van der Waals surface area contributed by atoms with Gasteiger partial charge in [-0.15, -0.1) is 12.4 Å². The number of aromatic nitrogens is 2. The summed E-state index contributed by atoms with van der Waals surface area (Å²) in [4.78, 5) is 16.8. The number of hydrogen-bond acceptors (Lipinski definition) is 4. The zero-order valence-electron chi connectivity index (χ0n) is 10.8. The maximum atomic E-state index is 12.5. The van der Waals surface area contributed by atoms with Crippen molar-refractivity contribution < 1.29 is 5.11 Å². The highest BCUT2D eigenvalue weighted by atomic mass is 35.5. The second-order valence-electron chi connectivity index (χ2n) is 4.87. The molecule has 2 aromatic rings. The van der Waals surface area contributed by atoms with Gasteiger partial charge in [-0.3, -0.25) is 9.36 Å². The van der Waals surface area contributed by atoms with E-state index in [1.54, 1.807) is 12.1 Å². The van der Waals surface area contributed by atoms with Crippen LogP contribution in [0.4, 0.5) is 0 Å². The van der Waals surface area contributed by atoms with Crippen molar-refractivity contribution in [1.82, 2.24) is 14.9 Å². The number of fused-ring (bicyclic) bond motifs is 1. The topological polar surface area (TPSA) is 67.2 Å². The standard InChI is InChI=1S/C13H14ClN3O2.ClH/c1-7-2-8(14)3-9-12(7)16-6-17(13(9)19)10-4-15-5-11(10)18;/h2-3,6,10-11,15,18H,4-5H2,1H3;1H/t10-,11-;/m1./s1. The summed E-state index contributed by atoms with van der Waals surface area (Å²) in [6, 6.07) is 3.14. The van der Waals surface area contributed by atoms with E-state index >= 15 is 0 Å². The number of aryl methyl sites for hydroxylation is 1. The molecular weight excluding hydrogens is 301 g/mol. The second-order valence-corrected chi connectivity index (χ2v) is 5.31. The Morgan fingerprint density at radius 3 is 2.85 bits per heavy atom. The quantitative estimate of drug-likeness (QED) is 0.832. The minimum absolute atomic E-state index is 0. The van der Waals surface area contributed by atoms with Gasteiger partial charge >= 0.3 is 0 Å². The number of nitrogens with one attached hydrogen (secondary N) is 1. The van der Waals surface area contributed by atoms with Gasteiger partial charge in [0.1, 0.15) is 0 Å². The SMILES string of the molecule is Cc1cc(Cl)cc2c(=O)n([C@@H]3CNC[C@H]3O)cnc12.Cl. The highest BCUT2D eigenvalue weighted by molar-refractivity contribution is 6.31. The smallest absolute Gasteiger partial charge is 0.261 e. The predicted octanol–water partition coefficient (Wildman–Crippen LogP) is 1.29. The Kier molecular flexibility index (Phi) is 4.34. The molecule has 1 aromatic heterocycles. The Labute approximate surface area is 127 Å². The minimum Gasteiger partial charge on any atom is -0.390 e. The largest absolute Gasteiger partial charge is 0.390 e. The summed E-state index contributed by atoms with van der Waals surface area (Å²) in [5.41, 5.74) is 1.37. The van der Waals surface area contributed by atoms with E-state index in [-0.39, 0.29) is 24.0 Å². The molecule has 1 aliphatic rings. The number of aliphatic hydroxyl groups excluding tert-OH is 1.